The molecule has 0 atom stereocenters. The average molecular weight is 599 g/mol. The minimum atomic E-state index is -4.43. The summed E-state index contributed by atoms with van der Waals surface area (Å²) in [7, 11) is 0. The van der Waals surface area contributed by atoms with Gasteiger partial charge in [0.05, 0.1) is 17.4 Å². The molecule has 3 aromatic carbocycles. The number of halogens is 3. The zero-order valence-electron chi connectivity index (χ0n) is 23.9. The standard InChI is InChI=1S/C33H29F3N6O2/c1-22-38-32(44-40-22)25-6-4-5-23(19-25)21-41-15-17-42(18-16-41)30-14-13-27(20-37-30)39-31(43)29-8-3-2-7-28(29)24-9-11-26(12-10-24)33(34,35)36/h2-14,19-20H,15-18,21H2,1H3,(H,39,43). The molecule has 3 heterocycles. The summed E-state index contributed by atoms with van der Waals surface area (Å²) in [4.78, 5) is 26.7. The molecule has 11 heteroatoms. The Hall–Kier alpha value is -5.03. The van der Waals surface area contributed by atoms with Gasteiger partial charge in [-0.15, -0.1) is 0 Å². The van der Waals surface area contributed by atoms with Crippen molar-refractivity contribution in [2.45, 2.75) is 19.6 Å². The van der Waals surface area contributed by atoms with Crippen molar-refractivity contribution in [2.75, 3.05) is 36.4 Å². The molecule has 224 valence electrons. The number of benzene rings is 3. The lowest BCUT2D eigenvalue weighted by Gasteiger charge is -2.35. The summed E-state index contributed by atoms with van der Waals surface area (Å²) in [5.74, 6) is 1.57. The predicted octanol–water partition coefficient (Wildman–Crippen LogP) is 6.70. The van der Waals surface area contributed by atoms with E-state index in [9.17, 15) is 18.0 Å². The molecule has 6 rings (SSSR count). The van der Waals surface area contributed by atoms with Gasteiger partial charge in [-0.2, -0.15) is 18.2 Å². The molecule has 1 aliphatic heterocycles. The molecule has 0 spiro atoms. The van der Waals surface area contributed by atoms with E-state index in [1.807, 2.05) is 18.2 Å². The van der Waals surface area contributed by atoms with Gasteiger partial charge in [0.2, 0.25) is 0 Å². The van der Waals surface area contributed by atoms with Gasteiger partial charge in [-0.3, -0.25) is 9.69 Å². The molecule has 0 bridgehead atoms. The SMILES string of the molecule is Cc1noc(-c2cccc(CN3CCN(c4ccc(NC(=O)c5ccccc5-c5ccc(C(F)(F)F)cc5)cn4)CC3)c2)n1. The first-order valence-electron chi connectivity index (χ1n) is 14.1. The highest BCUT2D eigenvalue weighted by atomic mass is 19.4. The summed E-state index contributed by atoms with van der Waals surface area (Å²) < 4.78 is 44.3. The van der Waals surface area contributed by atoms with E-state index < -0.39 is 11.7 Å². The van der Waals surface area contributed by atoms with Crippen LogP contribution in [-0.4, -0.2) is 52.1 Å². The van der Waals surface area contributed by atoms with E-state index in [1.165, 1.54) is 17.7 Å². The maximum Gasteiger partial charge on any atom is 0.416 e. The number of rotatable bonds is 7. The minimum absolute atomic E-state index is 0.352. The summed E-state index contributed by atoms with van der Waals surface area (Å²) in [6, 6.07) is 23.4. The second kappa shape index (κ2) is 12.3. The second-order valence-corrected chi connectivity index (χ2v) is 10.6. The maximum absolute atomic E-state index is 13.2. The van der Waals surface area contributed by atoms with Gasteiger partial charge >= 0.3 is 6.18 Å². The Labute approximate surface area is 252 Å². The Morgan fingerprint density at radius 1 is 0.909 bits per heavy atom. The van der Waals surface area contributed by atoms with Crippen LogP contribution < -0.4 is 10.2 Å². The molecule has 2 aromatic heterocycles. The largest absolute Gasteiger partial charge is 0.416 e. The van der Waals surface area contributed by atoms with Crippen molar-refractivity contribution in [2.24, 2.45) is 0 Å². The van der Waals surface area contributed by atoms with Gasteiger partial charge in [0.25, 0.3) is 11.8 Å². The molecule has 1 saturated heterocycles. The van der Waals surface area contributed by atoms with Crippen molar-refractivity contribution in [3.8, 4) is 22.6 Å². The maximum atomic E-state index is 13.2. The first-order chi connectivity index (χ1) is 21.2. The molecule has 0 aliphatic carbocycles. The van der Waals surface area contributed by atoms with Crippen molar-refractivity contribution in [1.29, 1.82) is 0 Å². The van der Waals surface area contributed by atoms with E-state index in [4.69, 9.17) is 4.52 Å². The van der Waals surface area contributed by atoms with Crippen LogP contribution in [0.1, 0.15) is 27.3 Å². The van der Waals surface area contributed by atoms with Crippen molar-refractivity contribution >= 4 is 17.4 Å². The van der Waals surface area contributed by atoms with Crippen molar-refractivity contribution < 1.29 is 22.5 Å². The van der Waals surface area contributed by atoms with Crippen molar-refractivity contribution in [1.82, 2.24) is 20.0 Å². The Kier molecular flexibility index (Phi) is 8.12. The van der Waals surface area contributed by atoms with E-state index in [1.54, 1.807) is 43.5 Å². The Morgan fingerprint density at radius 2 is 1.68 bits per heavy atom. The number of hydrogen-bond acceptors (Lipinski definition) is 7. The third-order valence-electron chi connectivity index (χ3n) is 7.50. The number of hydrogen-bond donors (Lipinski definition) is 1. The smallest absolute Gasteiger partial charge is 0.354 e. The molecule has 1 N–H and O–H groups in total. The molecule has 1 aliphatic rings. The second-order valence-electron chi connectivity index (χ2n) is 10.6. The van der Waals surface area contributed by atoms with Gasteiger partial charge in [0, 0.05) is 43.9 Å². The van der Waals surface area contributed by atoms with E-state index >= 15 is 0 Å². The average Bonchev–Trinajstić information content (AvgIpc) is 3.48. The fourth-order valence-electron chi connectivity index (χ4n) is 5.23. The van der Waals surface area contributed by atoms with Crippen LogP contribution in [0.5, 0.6) is 0 Å². The molecule has 8 nitrogen and oxygen atoms in total. The van der Waals surface area contributed by atoms with Crippen LogP contribution in [0.2, 0.25) is 0 Å². The molecule has 0 radical (unpaired) electrons. The van der Waals surface area contributed by atoms with Crippen LogP contribution in [0.4, 0.5) is 24.7 Å². The van der Waals surface area contributed by atoms with Gasteiger partial charge in [0.15, 0.2) is 5.82 Å². The monoisotopic (exact) mass is 598 g/mol. The topological polar surface area (TPSA) is 87.4 Å². The van der Waals surface area contributed by atoms with E-state index in [0.717, 1.165) is 56.2 Å². The van der Waals surface area contributed by atoms with Crippen LogP contribution in [0, 0.1) is 6.92 Å². The van der Waals surface area contributed by atoms with E-state index in [-0.39, 0.29) is 5.91 Å². The zero-order chi connectivity index (χ0) is 30.7. The number of nitrogens with zero attached hydrogens (tertiary/aromatic N) is 5. The molecule has 0 saturated carbocycles. The number of nitrogens with one attached hydrogen (secondary N) is 1. The number of pyridine rings is 1. The Balaban J connectivity index is 1.05. The number of carbonyl (C=O) groups excluding carboxylic acids is 1. The number of aryl methyl sites for hydroxylation is 1. The first-order valence-corrected chi connectivity index (χ1v) is 14.1. The van der Waals surface area contributed by atoms with Crippen LogP contribution in [0.3, 0.4) is 0 Å². The van der Waals surface area contributed by atoms with Crippen LogP contribution >= 0.6 is 0 Å². The van der Waals surface area contributed by atoms with Gasteiger partial charge < -0.3 is 14.7 Å². The van der Waals surface area contributed by atoms with Crippen molar-refractivity contribution in [3.63, 3.8) is 0 Å². The fraction of sp³-hybridized carbons (Fsp3) is 0.212. The van der Waals surface area contributed by atoms with Crippen LogP contribution in [-0.2, 0) is 12.7 Å². The highest BCUT2D eigenvalue weighted by Gasteiger charge is 2.30. The summed E-state index contributed by atoms with van der Waals surface area (Å²) in [5.41, 5.74) is 3.27. The van der Waals surface area contributed by atoms with Crippen LogP contribution in [0.25, 0.3) is 22.6 Å². The number of piperazine rings is 1. The van der Waals surface area contributed by atoms with Gasteiger partial charge in [0.1, 0.15) is 5.82 Å². The predicted molar refractivity (Wildman–Crippen MR) is 161 cm³/mol. The Morgan fingerprint density at radius 3 is 2.36 bits per heavy atom. The lowest BCUT2D eigenvalue weighted by molar-refractivity contribution is -0.137. The Bertz CT molecular complexity index is 1740. The third-order valence-corrected chi connectivity index (χ3v) is 7.50. The van der Waals surface area contributed by atoms with E-state index in [2.05, 4.69) is 42.4 Å². The summed E-state index contributed by atoms with van der Waals surface area (Å²) in [6.45, 7) is 5.95. The number of alkyl halides is 3. The number of amides is 1. The van der Waals surface area contributed by atoms with Crippen LogP contribution in [0.15, 0.2) is 95.6 Å². The van der Waals surface area contributed by atoms with E-state index in [0.29, 0.717) is 34.1 Å². The molecular formula is C33H29F3N6O2. The first kappa shape index (κ1) is 29.1. The zero-order valence-corrected chi connectivity index (χ0v) is 23.9. The lowest BCUT2D eigenvalue weighted by Crippen LogP contribution is -2.46. The number of carbonyl (C=O) groups is 1. The summed E-state index contributed by atoms with van der Waals surface area (Å²) >= 11 is 0. The van der Waals surface area contributed by atoms with Crippen molar-refractivity contribution in [3.05, 3.63) is 114 Å². The highest BCUT2D eigenvalue weighted by molar-refractivity contribution is 6.08. The van der Waals surface area contributed by atoms with Gasteiger partial charge in [-0.25, -0.2) is 4.98 Å². The van der Waals surface area contributed by atoms with Gasteiger partial charge in [-0.1, -0.05) is 47.6 Å². The lowest BCUT2D eigenvalue weighted by atomic mass is 9.98. The quantitative estimate of drug-likeness (QED) is 0.223. The molecular weight excluding hydrogens is 569 g/mol. The normalized spacial score (nSPS) is 14.0. The third kappa shape index (κ3) is 6.63. The summed E-state index contributed by atoms with van der Waals surface area (Å²) in [5, 5.41) is 6.74. The fourth-order valence-corrected chi connectivity index (χ4v) is 5.23. The molecule has 0 unspecified atom stereocenters. The minimum Gasteiger partial charge on any atom is -0.354 e. The number of aromatic nitrogens is 3. The molecule has 1 fully saturated rings. The molecule has 5 aromatic rings. The molecule has 1 amide bonds. The van der Waals surface area contributed by atoms with Gasteiger partial charge in [-0.05, 0) is 66.1 Å². The molecule has 44 heavy (non-hydrogen) atoms. The highest BCUT2D eigenvalue weighted by Crippen LogP contribution is 2.32. The number of anilines is 2. The summed E-state index contributed by atoms with van der Waals surface area (Å²) in [6.07, 6.45) is -2.81.